The van der Waals surface area contributed by atoms with Crippen LogP contribution in [0.4, 0.5) is 0 Å². The summed E-state index contributed by atoms with van der Waals surface area (Å²) >= 11 is 0. The Morgan fingerprint density at radius 2 is 1.54 bits per heavy atom. The van der Waals surface area contributed by atoms with Crippen LogP contribution in [0.25, 0.3) is 0 Å². The second-order valence-corrected chi connectivity index (χ2v) is 16.4. The minimum atomic E-state index is -0.965. The van der Waals surface area contributed by atoms with E-state index in [2.05, 4.69) is 48.1 Å². The SMILES string of the molecule is C=C(C)[C@@H]1C[C@@H](C(=O)O)C2CC[C@]3(C)[C@H](CC[C@@H]4[C@@]5(C)CC[C@H](OC(=O)C[C@H](C)C(=O)O)C(C)(C)[C@@H]5CC[C@]43C)[C@H]21. The smallest absolute Gasteiger partial charge is 0.306 e. The third-order valence-corrected chi connectivity index (χ3v) is 14.4. The molecule has 0 heterocycles. The number of rotatable bonds is 6. The van der Waals surface area contributed by atoms with Gasteiger partial charge in [0.05, 0.1) is 18.3 Å². The molecule has 6 nitrogen and oxygen atoms in total. The molecule has 0 radical (unpaired) electrons. The van der Waals surface area contributed by atoms with Gasteiger partial charge in [-0.25, -0.2) is 0 Å². The van der Waals surface area contributed by atoms with E-state index in [0.717, 1.165) is 44.9 Å². The first kappa shape index (κ1) is 30.6. The van der Waals surface area contributed by atoms with Crippen LogP contribution in [0.15, 0.2) is 12.2 Å². The van der Waals surface area contributed by atoms with Gasteiger partial charge in [0.1, 0.15) is 6.10 Å². The summed E-state index contributed by atoms with van der Waals surface area (Å²) in [5.41, 5.74) is 1.49. The van der Waals surface area contributed by atoms with E-state index in [1.807, 2.05) is 0 Å². The molecule has 0 aliphatic heterocycles. The number of aliphatic carboxylic acids is 2. The monoisotopic (exact) mass is 570 g/mol. The van der Waals surface area contributed by atoms with Gasteiger partial charge in [-0.15, -0.1) is 0 Å². The summed E-state index contributed by atoms with van der Waals surface area (Å²) in [4.78, 5) is 36.3. The first-order valence-electron chi connectivity index (χ1n) is 16.3. The zero-order valence-corrected chi connectivity index (χ0v) is 26.5. The number of hydrogen-bond donors (Lipinski definition) is 2. The molecule has 12 atom stereocenters. The standard InChI is InChI=1S/C35H54O6/c1-19(2)22-18-23(31(39)40)21-11-15-34(7)24(29(21)22)9-10-26-33(6)14-13-27(41-28(36)17-20(3)30(37)38)32(4,5)25(33)12-16-35(26,34)8/h20-27,29H,1,9-18H2,2-8H3,(H,37,38)(H,39,40)/t20-,21?,22-,23+,24+,25-,26+,27-,29+,33-,34+,35+/m0/s1. The van der Waals surface area contributed by atoms with Crippen molar-refractivity contribution in [1.29, 1.82) is 0 Å². The molecule has 5 fully saturated rings. The van der Waals surface area contributed by atoms with E-state index in [4.69, 9.17) is 4.74 Å². The number of carbonyl (C=O) groups excluding carboxylic acids is 1. The Hall–Kier alpha value is -1.85. The third-order valence-electron chi connectivity index (χ3n) is 14.4. The van der Waals surface area contributed by atoms with Gasteiger partial charge in [-0.05, 0) is 116 Å². The molecule has 5 aliphatic rings. The number of carboxylic acids is 2. The molecule has 0 aromatic carbocycles. The summed E-state index contributed by atoms with van der Waals surface area (Å²) in [7, 11) is 0. The van der Waals surface area contributed by atoms with Gasteiger partial charge in [0.15, 0.2) is 0 Å². The molecule has 230 valence electrons. The van der Waals surface area contributed by atoms with Crippen molar-refractivity contribution in [2.24, 2.45) is 69.0 Å². The van der Waals surface area contributed by atoms with Crippen molar-refractivity contribution in [3.05, 3.63) is 12.2 Å². The fourth-order valence-electron chi connectivity index (χ4n) is 12.2. The molecule has 1 unspecified atom stereocenters. The molecule has 5 aliphatic carbocycles. The quantitative estimate of drug-likeness (QED) is 0.252. The lowest BCUT2D eigenvalue weighted by atomic mass is 9.33. The van der Waals surface area contributed by atoms with E-state index in [0.29, 0.717) is 29.6 Å². The van der Waals surface area contributed by atoms with E-state index >= 15 is 0 Å². The predicted octanol–water partition coefficient (Wildman–Crippen LogP) is 7.61. The summed E-state index contributed by atoms with van der Waals surface area (Å²) in [5.74, 6) is -0.393. The number of fused-ring (bicyclic) bond motifs is 7. The number of carbonyl (C=O) groups is 3. The molecule has 5 saturated carbocycles. The summed E-state index contributed by atoms with van der Waals surface area (Å²) in [6.07, 6.45) is 9.07. The first-order valence-corrected chi connectivity index (χ1v) is 16.3. The molecule has 0 spiro atoms. The Morgan fingerprint density at radius 1 is 0.878 bits per heavy atom. The van der Waals surface area contributed by atoms with Gasteiger partial charge in [0.2, 0.25) is 0 Å². The highest BCUT2D eigenvalue weighted by atomic mass is 16.5. The van der Waals surface area contributed by atoms with Crippen LogP contribution in [0, 0.1) is 69.0 Å². The lowest BCUT2D eigenvalue weighted by Crippen LogP contribution is -2.66. The van der Waals surface area contributed by atoms with Crippen LogP contribution in [0.2, 0.25) is 0 Å². The zero-order chi connectivity index (χ0) is 30.3. The van der Waals surface area contributed by atoms with E-state index in [-0.39, 0.29) is 46.0 Å². The number of allylic oxidation sites excluding steroid dienone is 1. The Kier molecular flexibility index (Phi) is 7.55. The van der Waals surface area contributed by atoms with Gasteiger partial charge in [-0.1, -0.05) is 53.7 Å². The average Bonchev–Trinajstić information content (AvgIpc) is 3.26. The molecule has 41 heavy (non-hydrogen) atoms. The minimum Gasteiger partial charge on any atom is -0.481 e. The van der Waals surface area contributed by atoms with E-state index in [1.165, 1.54) is 18.4 Å². The van der Waals surface area contributed by atoms with Crippen LogP contribution >= 0.6 is 0 Å². The van der Waals surface area contributed by atoms with E-state index in [1.54, 1.807) is 6.92 Å². The Labute approximate surface area is 247 Å². The van der Waals surface area contributed by atoms with Gasteiger partial charge < -0.3 is 14.9 Å². The summed E-state index contributed by atoms with van der Waals surface area (Å²) < 4.78 is 6.04. The lowest BCUT2D eigenvalue weighted by Gasteiger charge is -2.72. The van der Waals surface area contributed by atoms with Crippen LogP contribution in [-0.2, 0) is 19.1 Å². The molecule has 0 aromatic heterocycles. The molecule has 5 rings (SSSR count). The second-order valence-electron chi connectivity index (χ2n) is 16.4. The first-order chi connectivity index (χ1) is 19.0. The fraction of sp³-hybridized carbons (Fsp3) is 0.857. The topological polar surface area (TPSA) is 101 Å². The van der Waals surface area contributed by atoms with Gasteiger partial charge in [0.25, 0.3) is 0 Å². The Balaban J connectivity index is 1.40. The van der Waals surface area contributed by atoms with Gasteiger partial charge in [0, 0.05) is 5.41 Å². The van der Waals surface area contributed by atoms with Gasteiger partial charge in [-0.2, -0.15) is 0 Å². The normalized spacial score (nSPS) is 47.1. The minimum absolute atomic E-state index is 0.0830. The third kappa shape index (κ3) is 4.42. The Bertz CT molecular complexity index is 1110. The molecule has 0 bridgehead atoms. The van der Waals surface area contributed by atoms with Gasteiger partial charge in [-0.3, -0.25) is 14.4 Å². The van der Waals surface area contributed by atoms with Crippen LogP contribution in [-0.4, -0.2) is 34.2 Å². The van der Waals surface area contributed by atoms with Gasteiger partial charge >= 0.3 is 17.9 Å². The van der Waals surface area contributed by atoms with Crippen LogP contribution in [0.1, 0.15) is 113 Å². The second kappa shape index (κ2) is 10.1. The maximum atomic E-state index is 12.7. The van der Waals surface area contributed by atoms with Crippen molar-refractivity contribution in [3.63, 3.8) is 0 Å². The summed E-state index contributed by atoms with van der Waals surface area (Å²) in [6.45, 7) is 20.3. The number of ether oxygens (including phenoxy) is 1. The molecule has 0 aromatic rings. The summed E-state index contributed by atoms with van der Waals surface area (Å²) in [5, 5.41) is 19.4. The molecule has 2 N–H and O–H groups in total. The number of carboxylic acid groups (broad SMARTS) is 2. The molecule has 6 heteroatoms. The number of hydrogen-bond acceptors (Lipinski definition) is 4. The molecular weight excluding hydrogens is 516 g/mol. The van der Waals surface area contributed by atoms with Crippen LogP contribution in [0.5, 0.6) is 0 Å². The average molecular weight is 571 g/mol. The van der Waals surface area contributed by atoms with Crippen LogP contribution < -0.4 is 0 Å². The lowest BCUT2D eigenvalue weighted by molar-refractivity contribution is -0.245. The molecular formula is C35H54O6. The van der Waals surface area contributed by atoms with Crippen molar-refractivity contribution >= 4 is 17.9 Å². The maximum Gasteiger partial charge on any atom is 0.306 e. The highest BCUT2D eigenvalue weighted by Crippen LogP contribution is 2.76. The highest BCUT2D eigenvalue weighted by molar-refractivity contribution is 5.78. The highest BCUT2D eigenvalue weighted by Gasteiger charge is 2.70. The predicted molar refractivity (Wildman–Crippen MR) is 158 cm³/mol. The number of esters is 1. The van der Waals surface area contributed by atoms with E-state index < -0.39 is 23.8 Å². The maximum absolute atomic E-state index is 12.7. The largest absolute Gasteiger partial charge is 0.481 e. The van der Waals surface area contributed by atoms with E-state index in [9.17, 15) is 24.6 Å². The fourth-order valence-corrected chi connectivity index (χ4v) is 12.2. The van der Waals surface area contributed by atoms with Crippen molar-refractivity contribution in [2.75, 3.05) is 0 Å². The zero-order valence-electron chi connectivity index (χ0n) is 26.5. The molecule has 0 saturated heterocycles. The van der Waals surface area contributed by atoms with Crippen molar-refractivity contribution < 1.29 is 29.3 Å². The van der Waals surface area contributed by atoms with Crippen molar-refractivity contribution in [1.82, 2.24) is 0 Å². The summed E-state index contributed by atoms with van der Waals surface area (Å²) in [6, 6.07) is 0. The van der Waals surface area contributed by atoms with Crippen molar-refractivity contribution in [3.8, 4) is 0 Å². The van der Waals surface area contributed by atoms with Crippen molar-refractivity contribution in [2.45, 2.75) is 119 Å². The van der Waals surface area contributed by atoms with Crippen LogP contribution in [0.3, 0.4) is 0 Å². The Morgan fingerprint density at radius 3 is 2.15 bits per heavy atom. The molecule has 0 amide bonds.